The molecule has 0 aromatic carbocycles. The van der Waals surface area contributed by atoms with Crippen molar-refractivity contribution < 1.29 is 19.1 Å². The van der Waals surface area contributed by atoms with Gasteiger partial charge in [0.05, 0.1) is 13.7 Å². The van der Waals surface area contributed by atoms with Crippen LogP contribution in [0.5, 0.6) is 0 Å². The van der Waals surface area contributed by atoms with E-state index in [0.717, 1.165) is 6.54 Å². The Labute approximate surface area is 120 Å². The van der Waals surface area contributed by atoms with E-state index in [-0.39, 0.29) is 18.3 Å². The molecule has 19 heavy (non-hydrogen) atoms. The fraction of sp³-hybridized carbons (Fsp3) is 0.833. The van der Waals surface area contributed by atoms with Gasteiger partial charge in [-0.1, -0.05) is 13.8 Å². The number of morpholine rings is 1. The van der Waals surface area contributed by atoms with Crippen molar-refractivity contribution in [1.29, 1.82) is 0 Å². The van der Waals surface area contributed by atoms with Crippen LogP contribution >= 0.6 is 12.4 Å². The van der Waals surface area contributed by atoms with Crippen LogP contribution in [0.2, 0.25) is 0 Å². The van der Waals surface area contributed by atoms with Gasteiger partial charge in [0.15, 0.2) is 0 Å². The van der Waals surface area contributed by atoms with Crippen molar-refractivity contribution >= 4 is 24.3 Å². The largest absolute Gasteiger partial charge is 0.467 e. The first-order valence-corrected chi connectivity index (χ1v) is 6.25. The minimum Gasteiger partial charge on any atom is -0.467 e. The van der Waals surface area contributed by atoms with Crippen molar-refractivity contribution in [2.24, 2.45) is 5.92 Å². The number of hydrogen-bond acceptors (Lipinski definition) is 5. The molecule has 1 heterocycles. The van der Waals surface area contributed by atoms with Crippen molar-refractivity contribution in [2.75, 3.05) is 26.8 Å². The van der Waals surface area contributed by atoms with Gasteiger partial charge in [-0.05, 0) is 12.3 Å². The second-order valence-electron chi connectivity index (χ2n) is 4.78. The van der Waals surface area contributed by atoms with Crippen LogP contribution in [0.4, 0.5) is 0 Å². The highest BCUT2D eigenvalue weighted by molar-refractivity contribution is 5.87. The highest BCUT2D eigenvalue weighted by Crippen LogP contribution is 2.07. The summed E-state index contributed by atoms with van der Waals surface area (Å²) in [5.74, 6) is -0.390. The lowest BCUT2D eigenvalue weighted by atomic mass is 10.0. The lowest BCUT2D eigenvalue weighted by molar-refractivity contribution is -0.147. The maximum atomic E-state index is 11.9. The van der Waals surface area contributed by atoms with Crippen molar-refractivity contribution in [3.8, 4) is 0 Å². The Morgan fingerprint density at radius 3 is 2.63 bits per heavy atom. The topological polar surface area (TPSA) is 76.7 Å². The van der Waals surface area contributed by atoms with Gasteiger partial charge in [0.1, 0.15) is 12.1 Å². The molecule has 1 aliphatic rings. The fourth-order valence-corrected chi connectivity index (χ4v) is 1.83. The Morgan fingerprint density at radius 1 is 1.47 bits per heavy atom. The molecule has 2 unspecified atom stereocenters. The zero-order valence-electron chi connectivity index (χ0n) is 11.6. The second kappa shape index (κ2) is 9.12. The molecule has 112 valence electrons. The van der Waals surface area contributed by atoms with Crippen LogP contribution in [0.25, 0.3) is 0 Å². The monoisotopic (exact) mass is 294 g/mol. The zero-order valence-corrected chi connectivity index (χ0v) is 12.4. The zero-order chi connectivity index (χ0) is 13.5. The number of esters is 1. The summed E-state index contributed by atoms with van der Waals surface area (Å²) in [6, 6.07) is -0.604. The van der Waals surface area contributed by atoms with E-state index in [0.29, 0.717) is 25.5 Å². The Kier molecular flexibility index (Phi) is 8.71. The molecule has 1 saturated heterocycles. The molecule has 0 spiro atoms. The van der Waals surface area contributed by atoms with E-state index in [1.54, 1.807) is 0 Å². The summed E-state index contributed by atoms with van der Waals surface area (Å²) in [5.41, 5.74) is 0. The van der Waals surface area contributed by atoms with Crippen LogP contribution in [0.3, 0.4) is 0 Å². The SMILES string of the molecule is COC(=O)C(CC(C)C)NC(=O)C1CNCCO1.Cl. The summed E-state index contributed by atoms with van der Waals surface area (Å²) in [6.45, 7) is 5.70. The number of rotatable bonds is 5. The quantitative estimate of drug-likeness (QED) is 0.704. The molecular formula is C12H23ClN2O4. The van der Waals surface area contributed by atoms with Gasteiger partial charge in [-0.15, -0.1) is 12.4 Å². The van der Waals surface area contributed by atoms with E-state index in [1.165, 1.54) is 7.11 Å². The molecule has 0 radical (unpaired) electrons. The Morgan fingerprint density at radius 2 is 2.16 bits per heavy atom. The molecule has 0 aromatic rings. The lowest BCUT2D eigenvalue weighted by Crippen LogP contribution is -2.52. The minimum atomic E-state index is -0.604. The van der Waals surface area contributed by atoms with E-state index in [2.05, 4.69) is 10.6 Å². The molecule has 1 aliphatic heterocycles. The molecule has 0 aliphatic carbocycles. The van der Waals surface area contributed by atoms with E-state index >= 15 is 0 Å². The Bertz CT molecular complexity index is 293. The van der Waals surface area contributed by atoms with Crippen LogP contribution in [0.1, 0.15) is 20.3 Å². The molecule has 1 amide bonds. The van der Waals surface area contributed by atoms with E-state index in [9.17, 15) is 9.59 Å². The van der Waals surface area contributed by atoms with Gasteiger partial charge >= 0.3 is 5.97 Å². The van der Waals surface area contributed by atoms with Crippen LogP contribution in [-0.2, 0) is 19.1 Å². The molecule has 0 bridgehead atoms. The molecule has 1 rings (SSSR count). The number of carbonyl (C=O) groups is 2. The summed E-state index contributed by atoms with van der Waals surface area (Å²) in [6.07, 6.45) is 0.0246. The van der Waals surface area contributed by atoms with Crippen LogP contribution in [-0.4, -0.2) is 50.8 Å². The molecular weight excluding hydrogens is 272 g/mol. The number of ether oxygens (including phenoxy) is 2. The molecule has 0 aromatic heterocycles. The van der Waals surface area contributed by atoms with E-state index in [1.807, 2.05) is 13.8 Å². The van der Waals surface area contributed by atoms with Gasteiger partial charge in [0.25, 0.3) is 5.91 Å². The number of methoxy groups -OCH3 is 1. The first kappa shape index (κ1) is 18.1. The summed E-state index contributed by atoms with van der Waals surface area (Å²) >= 11 is 0. The summed E-state index contributed by atoms with van der Waals surface area (Å²) in [4.78, 5) is 23.5. The third kappa shape index (κ3) is 6.22. The van der Waals surface area contributed by atoms with Gasteiger partial charge in [-0.3, -0.25) is 4.79 Å². The second-order valence-corrected chi connectivity index (χ2v) is 4.78. The van der Waals surface area contributed by atoms with Gasteiger partial charge in [0, 0.05) is 13.1 Å². The number of halogens is 1. The fourth-order valence-electron chi connectivity index (χ4n) is 1.83. The summed E-state index contributed by atoms with van der Waals surface area (Å²) in [5, 5.41) is 5.76. The van der Waals surface area contributed by atoms with Crippen molar-refractivity contribution in [3.05, 3.63) is 0 Å². The van der Waals surface area contributed by atoms with Crippen LogP contribution in [0.15, 0.2) is 0 Å². The normalized spacial score (nSPS) is 20.3. The van der Waals surface area contributed by atoms with Crippen molar-refractivity contribution in [2.45, 2.75) is 32.4 Å². The maximum Gasteiger partial charge on any atom is 0.328 e. The Hall–Kier alpha value is -0.850. The van der Waals surface area contributed by atoms with Gasteiger partial charge in [0.2, 0.25) is 0 Å². The number of amides is 1. The smallest absolute Gasteiger partial charge is 0.328 e. The predicted molar refractivity (Wildman–Crippen MR) is 73.3 cm³/mol. The van der Waals surface area contributed by atoms with Crippen molar-refractivity contribution in [3.63, 3.8) is 0 Å². The predicted octanol–water partition coefficient (Wildman–Crippen LogP) is 0.101. The number of hydrogen-bond donors (Lipinski definition) is 2. The molecule has 1 fully saturated rings. The molecule has 6 nitrogen and oxygen atoms in total. The highest BCUT2D eigenvalue weighted by Gasteiger charge is 2.28. The van der Waals surface area contributed by atoms with E-state index in [4.69, 9.17) is 9.47 Å². The number of nitrogens with one attached hydrogen (secondary N) is 2. The average Bonchev–Trinajstić information content (AvgIpc) is 2.37. The minimum absolute atomic E-state index is 0. The molecule has 2 atom stereocenters. The molecule has 0 saturated carbocycles. The van der Waals surface area contributed by atoms with Gasteiger partial charge in [-0.2, -0.15) is 0 Å². The summed E-state index contributed by atoms with van der Waals surface area (Å²) < 4.78 is 10.0. The van der Waals surface area contributed by atoms with Gasteiger partial charge in [-0.25, -0.2) is 4.79 Å². The first-order chi connectivity index (χ1) is 8.54. The standard InChI is InChI=1S/C12H22N2O4.ClH/c1-8(2)6-9(12(16)17-3)14-11(15)10-7-13-4-5-18-10;/h8-10,13H,4-7H2,1-3H3,(H,14,15);1H. The third-order valence-corrected chi connectivity index (χ3v) is 2.73. The van der Waals surface area contributed by atoms with Crippen LogP contribution < -0.4 is 10.6 Å². The number of carbonyl (C=O) groups excluding carboxylic acids is 2. The van der Waals surface area contributed by atoms with E-state index < -0.39 is 18.1 Å². The average molecular weight is 295 g/mol. The van der Waals surface area contributed by atoms with Gasteiger partial charge < -0.3 is 20.1 Å². The maximum absolute atomic E-state index is 11.9. The Balaban J connectivity index is 0.00000324. The first-order valence-electron chi connectivity index (χ1n) is 6.25. The molecule has 2 N–H and O–H groups in total. The summed E-state index contributed by atoms with van der Waals surface area (Å²) in [7, 11) is 1.32. The third-order valence-electron chi connectivity index (χ3n) is 2.73. The van der Waals surface area contributed by atoms with Crippen molar-refractivity contribution in [1.82, 2.24) is 10.6 Å². The lowest BCUT2D eigenvalue weighted by Gasteiger charge is -2.25. The van der Waals surface area contributed by atoms with Crippen LogP contribution in [0, 0.1) is 5.92 Å². The molecule has 7 heteroatoms. The highest BCUT2D eigenvalue weighted by atomic mass is 35.5.